The number of nitrogens with zero attached hydrogens (tertiary/aromatic N) is 3. The number of unbranched alkanes of at least 4 members (excludes halogenated alkanes) is 1. The van der Waals surface area contributed by atoms with Crippen molar-refractivity contribution >= 4 is 39.2 Å². The molecule has 0 aliphatic heterocycles. The molecule has 0 saturated heterocycles. The van der Waals surface area contributed by atoms with Crippen molar-refractivity contribution < 1.29 is 4.74 Å². The van der Waals surface area contributed by atoms with E-state index in [-0.39, 0.29) is 0 Å². The smallest absolute Gasteiger partial charge is 0.213 e. The monoisotopic (exact) mass is 386 g/mol. The van der Waals surface area contributed by atoms with Gasteiger partial charge in [-0.3, -0.25) is 0 Å². The summed E-state index contributed by atoms with van der Waals surface area (Å²) < 4.78 is 5.31. The van der Waals surface area contributed by atoms with Crippen molar-refractivity contribution in [3.8, 4) is 5.88 Å². The molecule has 0 atom stereocenters. The number of anilines is 1. The molecule has 0 amide bonds. The highest BCUT2D eigenvalue weighted by Gasteiger charge is 2.12. The Morgan fingerprint density at radius 1 is 1.04 bits per heavy atom. The quantitative estimate of drug-likeness (QED) is 0.415. The molecular formula is C21H27ClN4O. The van der Waals surface area contributed by atoms with Gasteiger partial charge in [0, 0.05) is 23.0 Å². The molecule has 1 aromatic carbocycles. The third-order valence-corrected chi connectivity index (χ3v) is 5.10. The summed E-state index contributed by atoms with van der Waals surface area (Å²) in [5.74, 6) is 0.585. The van der Waals surface area contributed by atoms with Crippen LogP contribution in [0.3, 0.4) is 0 Å². The average molecular weight is 387 g/mol. The number of nitrogens with one attached hydrogen (secondary N) is 1. The van der Waals surface area contributed by atoms with Crippen LogP contribution >= 0.6 is 11.6 Å². The van der Waals surface area contributed by atoms with Crippen molar-refractivity contribution in [3.05, 3.63) is 35.4 Å². The lowest BCUT2D eigenvalue weighted by molar-refractivity contribution is 0.298. The lowest BCUT2D eigenvalue weighted by Gasteiger charge is -2.18. The van der Waals surface area contributed by atoms with Crippen LogP contribution in [-0.4, -0.2) is 48.2 Å². The van der Waals surface area contributed by atoms with Crippen LogP contribution in [0.2, 0.25) is 5.02 Å². The van der Waals surface area contributed by atoms with Crippen LogP contribution < -0.4 is 10.1 Å². The second-order valence-electron chi connectivity index (χ2n) is 6.53. The van der Waals surface area contributed by atoms with E-state index in [0.29, 0.717) is 10.9 Å². The predicted octanol–water partition coefficient (Wildman–Crippen LogP) is 4.98. The Labute approximate surface area is 165 Å². The Morgan fingerprint density at radius 2 is 1.85 bits per heavy atom. The maximum atomic E-state index is 6.17. The van der Waals surface area contributed by atoms with Gasteiger partial charge in [0.1, 0.15) is 5.52 Å². The van der Waals surface area contributed by atoms with Crippen molar-refractivity contribution in [2.45, 2.75) is 26.7 Å². The number of fused-ring (bicyclic) bond motifs is 2. The molecule has 6 heteroatoms. The summed E-state index contributed by atoms with van der Waals surface area (Å²) in [5.41, 5.74) is 3.52. The molecule has 3 aromatic rings. The van der Waals surface area contributed by atoms with E-state index in [1.54, 1.807) is 7.11 Å². The largest absolute Gasteiger partial charge is 0.481 e. The van der Waals surface area contributed by atoms with E-state index in [0.717, 1.165) is 66.6 Å². The Morgan fingerprint density at radius 3 is 2.59 bits per heavy atom. The van der Waals surface area contributed by atoms with Crippen LogP contribution in [-0.2, 0) is 0 Å². The van der Waals surface area contributed by atoms with E-state index in [2.05, 4.69) is 29.0 Å². The van der Waals surface area contributed by atoms with Crippen molar-refractivity contribution in [3.63, 3.8) is 0 Å². The van der Waals surface area contributed by atoms with E-state index in [9.17, 15) is 0 Å². The summed E-state index contributed by atoms with van der Waals surface area (Å²) in [6.45, 7) is 8.65. The van der Waals surface area contributed by atoms with Crippen LogP contribution in [0.5, 0.6) is 5.88 Å². The molecule has 3 rings (SSSR count). The minimum Gasteiger partial charge on any atom is -0.481 e. The summed E-state index contributed by atoms with van der Waals surface area (Å²) in [5, 5.41) is 5.30. The molecule has 0 saturated carbocycles. The molecule has 5 nitrogen and oxygen atoms in total. The zero-order chi connectivity index (χ0) is 19.2. The molecule has 0 spiro atoms. The number of pyridine rings is 2. The SMILES string of the molecule is CCN(CC)CCCCNc1c2ccc(Cl)cc2nc2ccc(OC)nc12. The summed E-state index contributed by atoms with van der Waals surface area (Å²) in [7, 11) is 1.63. The molecular weight excluding hydrogens is 360 g/mol. The number of benzene rings is 1. The highest BCUT2D eigenvalue weighted by atomic mass is 35.5. The van der Waals surface area contributed by atoms with Gasteiger partial charge in [-0.1, -0.05) is 25.4 Å². The predicted molar refractivity (Wildman–Crippen MR) is 114 cm³/mol. The van der Waals surface area contributed by atoms with E-state index in [1.807, 2.05) is 30.3 Å². The molecule has 2 heterocycles. The van der Waals surface area contributed by atoms with Crippen LogP contribution in [0.1, 0.15) is 26.7 Å². The van der Waals surface area contributed by atoms with Crippen molar-refractivity contribution in [1.29, 1.82) is 0 Å². The van der Waals surface area contributed by atoms with Gasteiger partial charge in [0.2, 0.25) is 5.88 Å². The number of hydrogen-bond acceptors (Lipinski definition) is 5. The van der Waals surface area contributed by atoms with Crippen LogP contribution in [0, 0.1) is 0 Å². The fourth-order valence-electron chi connectivity index (χ4n) is 3.28. The third-order valence-electron chi connectivity index (χ3n) is 4.86. The molecule has 0 aliphatic carbocycles. The lowest BCUT2D eigenvalue weighted by Crippen LogP contribution is -2.24. The number of aromatic nitrogens is 2. The van der Waals surface area contributed by atoms with Gasteiger partial charge in [-0.25, -0.2) is 9.97 Å². The fourth-order valence-corrected chi connectivity index (χ4v) is 3.45. The normalized spacial score (nSPS) is 11.4. The summed E-state index contributed by atoms with van der Waals surface area (Å²) in [6.07, 6.45) is 2.26. The zero-order valence-corrected chi connectivity index (χ0v) is 17.0. The highest BCUT2D eigenvalue weighted by Crippen LogP contribution is 2.32. The minimum absolute atomic E-state index is 0.585. The number of hydrogen-bond donors (Lipinski definition) is 1. The van der Waals surface area contributed by atoms with Crippen LogP contribution in [0.25, 0.3) is 21.9 Å². The van der Waals surface area contributed by atoms with Gasteiger partial charge < -0.3 is 15.0 Å². The zero-order valence-electron chi connectivity index (χ0n) is 16.3. The maximum Gasteiger partial charge on any atom is 0.213 e. The Bertz CT molecular complexity index is 911. The van der Waals surface area contributed by atoms with Gasteiger partial charge in [-0.05, 0) is 56.7 Å². The first-order valence-corrected chi connectivity index (χ1v) is 9.94. The van der Waals surface area contributed by atoms with E-state index < -0.39 is 0 Å². The molecule has 144 valence electrons. The van der Waals surface area contributed by atoms with Crippen molar-refractivity contribution in [2.24, 2.45) is 0 Å². The number of halogens is 1. The first-order chi connectivity index (χ1) is 13.2. The first kappa shape index (κ1) is 19.6. The molecule has 0 fully saturated rings. The topological polar surface area (TPSA) is 50.3 Å². The van der Waals surface area contributed by atoms with Gasteiger partial charge >= 0.3 is 0 Å². The Balaban J connectivity index is 1.86. The van der Waals surface area contributed by atoms with Gasteiger partial charge in [-0.15, -0.1) is 0 Å². The van der Waals surface area contributed by atoms with E-state index >= 15 is 0 Å². The molecule has 1 N–H and O–H groups in total. The Hall–Kier alpha value is -2.11. The Kier molecular flexibility index (Phi) is 6.69. The van der Waals surface area contributed by atoms with Gasteiger partial charge in [0.25, 0.3) is 0 Å². The van der Waals surface area contributed by atoms with Crippen LogP contribution in [0.15, 0.2) is 30.3 Å². The minimum atomic E-state index is 0.585. The second-order valence-corrected chi connectivity index (χ2v) is 6.97. The first-order valence-electron chi connectivity index (χ1n) is 9.56. The average Bonchev–Trinajstić information content (AvgIpc) is 2.69. The number of ether oxygens (including phenoxy) is 1. The maximum absolute atomic E-state index is 6.17. The summed E-state index contributed by atoms with van der Waals surface area (Å²) in [6, 6.07) is 9.56. The van der Waals surface area contributed by atoms with E-state index in [1.165, 1.54) is 0 Å². The van der Waals surface area contributed by atoms with Gasteiger partial charge in [0.05, 0.1) is 23.8 Å². The van der Waals surface area contributed by atoms with Gasteiger partial charge in [0.15, 0.2) is 0 Å². The van der Waals surface area contributed by atoms with Crippen molar-refractivity contribution in [2.75, 3.05) is 38.6 Å². The number of rotatable bonds is 9. The standard InChI is InChI=1S/C21H27ClN4O/c1-4-26(5-2)13-7-6-12-23-20-16-9-8-15(22)14-18(16)24-17-10-11-19(27-3)25-21(17)20/h8-11,14H,4-7,12-13H2,1-3H3,(H,23,24). The number of methoxy groups -OCH3 is 1. The highest BCUT2D eigenvalue weighted by molar-refractivity contribution is 6.31. The summed E-state index contributed by atoms with van der Waals surface area (Å²) >= 11 is 6.17. The molecule has 0 radical (unpaired) electrons. The second kappa shape index (κ2) is 9.20. The molecule has 2 aromatic heterocycles. The molecule has 0 aliphatic rings. The van der Waals surface area contributed by atoms with Gasteiger partial charge in [-0.2, -0.15) is 0 Å². The third kappa shape index (κ3) is 4.60. The van der Waals surface area contributed by atoms with E-state index in [4.69, 9.17) is 21.3 Å². The van der Waals surface area contributed by atoms with Crippen LogP contribution in [0.4, 0.5) is 5.69 Å². The van der Waals surface area contributed by atoms with Crippen molar-refractivity contribution in [1.82, 2.24) is 14.9 Å². The molecule has 27 heavy (non-hydrogen) atoms. The lowest BCUT2D eigenvalue weighted by atomic mass is 10.1. The molecule has 0 bridgehead atoms. The summed E-state index contributed by atoms with van der Waals surface area (Å²) in [4.78, 5) is 11.8. The fraction of sp³-hybridized carbons (Fsp3) is 0.429. The molecule has 0 unspecified atom stereocenters.